The molecule has 2 heterocycles. The van der Waals surface area contributed by atoms with Crippen LogP contribution < -0.4 is 4.74 Å². The number of nitrogens with zero attached hydrogens (tertiary/aromatic N) is 3. The molecule has 4 nitrogen and oxygen atoms in total. The van der Waals surface area contributed by atoms with Gasteiger partial charge in [0.25, 0.3) is 0 Å². The number of benzene rings is 1. The minimum Gasteiger partial charge on any atom is -0.494 e. The molecule has 23 heavy (non-hydrogen) atoms. The van der Waals surface area contributed by atoms with Crippen LogP contribution in [0.5, 0.6) is 5.75 Å². The summed E-state index contributed by atoms with van der Waals surface area (Å²) in [6, 6.07) is 12.8. The number of aromatic nitrogens is 2. The molecule has 1 fully saturated rings. The quantitative estimate of drug-likeness (QED) is 0.762. The van der Waals surface area contributed by atoms with E-state index in [0.29, 0.717) is 0 Å². The largest absolute Gasteiger partial charge is 0.494 e. The summed E-state index contributed by atoms with van der Waals surface area (Å²) < 4.78 is 5.85. The molecule has 2 aromatic rings. The van der Waals surface area contributed by atoms with Gasteiger partial charge in [-0.1, -0.05) is 0 Å². The lowest BCUT2D eigenvalue weighted by molar-refractivity contribution is 0.230. The van der Waals surface area contributed by atoms with Crippen LogP contribution in [0, 0.1) is 6.92 Å². The van der Waals surface area contributed by atoms with Crippen molar-refractivity contribution in [2.75, 3.05) is 19.7 Å². The van der Waals surface area contributed by atoms with E-state index in [2.05, 4.69) is 22.0 Å². The molecule has 0 bridgehead atoms. The average molecular weight is 311 g/mol. The van der Waals surface area contributed by atoms with Crippen molar-refractivity contribution >= 4 is 0 Å². The fraction of sp³-hybridized carbons (Fsp3) is 0.474. The predicted octanol–water partition coefficient (Wildman–Crippen LogP) is 3.71. The van der Waals surface area contributed by atoms with Gasteiger partial charge in [0.15, 0.2) is 0 Å². The van der Waals surface area contributed by atoms with Gasteiger partial charge in [-0.05, 0) is 76.1 Å². The highest BCUT2D eigenvalue weighted by atomic mass is 16.5. The first-order valence-electron chi connectivity index (χ1n) is 8.50. The summed E-state index contributed by atoms with van der Waals surface area (Å²) in [5.41, 5.74) is 2.89. The van der Waals surface area contributed by atoms with Gasteiger partial charge in [0.05, 0.1) is 18.0 Å². The smallest absolute Gasteiger partial charge is 0.119 e. The highest BCUT2D eigenvalue weighted by Gasteiger charge is 2.18. The summed E-state index contributed by atoms with van der Waals surface area (Å²) in [6.45, 7) is 7.41. The molecule has 0 aliphatic carbocycles. The first-order chi connectivity index (χ1) is 11.2. The second-order valence-corrected chi connectivity index (χ2v) is 6.31. The van der Waals surface area contributed by atoms with Gasteiger partial charge in [-0.25, -0.2) is 0 Å². The van der Waals surface area contributed by atoms with E-state index in [1.54, 1.807) is 0 Å². The highest BCUT2D eigenvalue weighted by molar-refractivity contribution is 5.59. The fourth-order valence-corrected chi connectivity index (χ4v) is 3.06. The van der Waals surface area contributed by atoms with Crippen molar-refractivity contribution in [3.8, 4) is 17.0 Å². The number of hydrogen-bond acceptors (Lipinski definition) is 4. The summed E-state index contributed by atoms with van der Waals surface area (Å²) in [5.74, 6) is 0.920. The minimum absolute atomic E-state index is 0.741. The van der Waals surface area contributed by atoms with Crippen LogP contribution in [0.2, 0.25) is 0 Å². The maximum Gasteiger partial charge on any atom is 0.119 e. The first-order valence-corrected chi connectivity index (χ1v) is 8.50. The van der Waals surface area contributed by atoms with Crippen LogP contribution in [0.1, 0.15) is 31.9 Å². The summed E-state index contributed by atoms with van der Waals surface area (Å²) in [6.07, 6.45) is 3.76. The Kier molecular flexibility index (Phi) is 5.23. The van der Waals surface area contributed by atoms with Gasteiger partial charge in [-0.15, -0.1) is 0 Å². The van der Waals surface area contributed by atoms with E-state index in [1.807, 2.05) is 43.3 Å². The van der Waals surface area contributed by atoms with E-state index < -0.39 is 0 Å². The van der Waals surface area contributed by atoms with Crippen molar-refractivity contribution in [2.24, 2.45) is 0 Å². The zero-order valence-electron chi connectivity index (χ0n) is 14.0. The van der Waals surface area contributed by atoms with E-state index in [9.17, 15) is 0 Å². The third-order valence-electron chi connectivity index (χ3n) is 4.50. The zero-order chi connectivity index (χ0) is 16.1. The van der Waals surface area contributed by atoms with Crippen LogP contribution >= 0.6 is 0 Å². The Labute approximate surface area is 138 Å². The van der Waals surface area contributed by atoms with Gasteiger partial charge in [-0.3, -0.25) is 0 Å². The molecule has 0 radical (unpaired) electrons. The van der Waals surface area contributed by atoms with Crippen LogP contribution in [0.4, 0.5) is 0 Å². The van der Waals surface area contributed by atoms with E-state index in [0.717, 1.165) is 48.3 Å². The lowest BCUT2D eigenvalue weighted by atomic mass is 10.1. The fourth-order valence-electron chi connectivity index (χ4n) is 3.06. The third-order valence-corrected chi connectivity index (χ3v) is 4.50. The molecule has 1 aromatic heterocycles. The van der Waals surface area contributed by atoms with Crippen LogP contribution in [0.25, 0.3) is 11.3 Å². The van der Waals surface area contributed by atoms with Crippen LogP contribution in [0.3, 0.4) is 0 Å². The van der Waals surface area contributed by atoms with Crippen molar-refractivity contribution < 1.29 is 4.74 Å². The van der Waals surface area contributed by atoms with E-state index in [-0.39, 0.29) is 0 Å². The summed E-state index contributed by atoms with van der Waals surface area (Å²) in [5, 5.41) is 8.30. The average Bonchev–Trinajstić information content (AvgIpc) is 2.98. The molecular formula is C19H25N3O. The SMILES string of the molecule is Cc1ccc(-c2ccc(OCCCN3CCC[C@H]3C)cc2)nn1. The van der Waals surface area contributed by atoms with Crippen LogP contribution in [-0.2, 0) is 0 Å². The number of rotatable bonds is 6. The van der Waals surface area contributed by atoms with Crippen molar-refractivity contribution in [3.63, 3.8) is 0 Å². The predicted molar refractivity (Wildman–Crippen MR) is 92.6 cm³/mol. The molecule has 0 unspecified atom stereocenters. The topological polar surface area (TPSA) is 38.2 Å². The molecule has 4 heteroatoms. The molecule has 1 aromatic carbocycles. The molecule has 3 rings (SSSR count). The molecule has 0 saturated carbocycles. The molecule has 0 N–H and O–H groups in total. The lowest BCUT2D eigenvalue weighted by Crippen LogP contribution is -2.28. The molecule has 0 spiro atoms. The maximum absolute atomic E-state index is 5.85. The summed E-state index contributed by atoms with van der Waals surface area (Å²) in [4.78, 5) is 2.56. The van der Waals surface area contributed by atoms with E-state index >= 15 is 0 Å². The molecule has 1 atom stereocenters. The number of aryl methyl sites for hydroxylation is 1. The molecule has 122 valence electrons. The maximum atomic E-state index is 5.85. The summed E-state index contributed by atoms with van der Waals surface area (Å²) >= 11 is 0. The Morgan fingerprint density at radius 3 is 2.61 bits per heavy atom. The van der Waals surface area contributed by atoms with Gasteiger partial charge in [0.1, 0.15) is 5.75 Å². The van der Waals surface area contributed by atoms with E-state index in [4.69, 9.17) is 4.74 Å². The van der Waals surface area contributed by atoms with E-state index in [1.165, 1.54) is 19.4 Å². The van der Waals surface area contributed by atoms with Gasteiger partial charge in [0, 0.05) is 18.2 Å². The van der Waals surface area contributed by atoms with Crippen molar-refractivity contribution in [1.29, 1.82) is 0 Å². The Morgan fingerprint density at radius 1 is 1.13 bits per heavy atom. The highest BCUT2D eigenvalue weighted by Crippen LogP contribution is 2.21. The van der Waals surface area contributed by atoms with Crippen molar-refractivity contribution in [2.45, 2.75) is 39.2 Å². The summed E-state index contributed by atoms with van der Waals surface area (Å²) in [7, 11) is 0. The lowest BCUT2D eigenvalue weighted by Gasteiger charge is -2.20. The number of hydrogen-bond donors (Lipinski definition) is 0. The number of likely N-dealkylation sites (tertiary alicyclic amines) is 1. The Hall–Kier alpha value is -1.94. The second-order valence-electron chi connectivity index (χ2n) is 6.31. The zero-order valence-corrected chi connectivity index (χ0v) is 14.0. The standard InChI is InChI=1S/C19H25N3O/c1-15-6-11-19(21-20-15)17-7-9-18(10-8-17)23-14-4-13-22-12-3-5-16(22)2/h6-11,16H,3-5,12-14H2,1-2H3/t16-/m1/s1. The van der Waals surface area contributed by atoms with Gasteiger partial charge >= 0.3 is 0 Å². The van der Waals surface area contributed by atoms with Gasteiger partial charge in [0.2, 0.25) is 0 Å². The monoisotopic (exact) mass is 311 g/mol. The minimum atomic E-state index is 0.741. The molecule has 0 amide bonds. The second kappa shape index (κ2) is 7.55. The first kappa shape index (κ1) is 15.9. The van der Waals surface area contributed by atoms with Crippen molar-refractivity contribution in [3.05, 3.63) is 42.1 Å². The van der Waals surface area contributed by atoms with Crippen LogP contribution in [-0.4, -0.2) is 40.8 Å². The Morgan fingerprint density at radius 2 is 1.96 bits per heavy atom. The molecule has 1 aliphatic heterocycles. The third kappa shape index (κ3) is 4.29. The van der Waals surface area contributed by atoms with Crippen molar-refractivity contribution in [1.82, 2.24) is 15.1 Å². The van der Waals surface area contributed by atoms with Gasteiger partial charge < -0.3 is 9.64 Å². The molecular weight excluding hydrogens is 286 g/mol. The van der Waals surface area contributed by atoms with Crippen LogP contribution in [0.15, 0.2) is 36.4 Å². The normalized spacial score (nSPS) is 18.3. The molecule has 1 saturated heterocycles. The number of ether oxygens (including phenoxy) is 1. The molecule has 1 aliphatic rings. The Balaban J connectivity index is 1.47. The Bertz CT molecular complexity index is 610. The van der Waals surface area contributed by atoms with Gasteiger partial charge in [-0.2, -0.15) is 10.2 Å².